The van der Waals surface area contributed by atoms with Crippen LogP contribution >= 0.6 is 11.6 Å². The molecule has 11 heteroatoms. The van der Waals surface area contributed by atoms with Gasteiger partial charge in [0.2, 0.25) is 5.91 Å². The minimum absolute atomic E-state index is 0.00954. The molecule has 2 aromatic rings. The average Bonchev–Trinajstić information content (AvgIpc) is 3.04. The van der Waals surface area contributed by atoms with Gasteiger partial charge in [0.05, 0.1) is 29.2 Å². The molecule has 0 aromatic heterocycles. The van der Waals surface area contributed by atoms with Crippen molar-refractivity contribution in [3.05, 3.63) is 70.3 Å². The second-order valence-corrected chi connectivity index (χ2v) is 17.1. The molecular weight excluding hydrogens is 650 g/mol. The molecule has 3 heterocycles. The molecule has 2 saturated carbocycles. The van der Waals surface area contributed by atoms with Gasteiger partial charge in [-0.3, -0.25) is 14.3 Å². The SMILES string of the molecule is CO[C@@]12/C=C/C[C@H](C)CS(=O)(NC(=O)C3CC(C)(O)C3)=NC(=O)c3ccc4c(c3)N(Cc3ccc(Cl)cc3CCCCO4)C[C@H](C1)[C@H]2C. The maximum Gasteiger partial charge on any atom is 0.286 e. The number of hydrogen-bond acceptors (Lipinski definition) is 7. The van der Waals surface area contributed by atoms with Crippen molar-refractivity contribution in [2.24, 2.45) is 28.0 Å². The van der Waals surface area contributed by atoms with Gasteiger partial charge in [-0.1, -0.05) is 43.7 Å². The highest BCUT2D eigenvalue weighted by Crippen LogP contribution is 2.49. The molecule has 9 nitrogen and oxygen atoms in total. The van der Waals surface area contributed by atoms with Crippen molar-refractivity contribution in [3.8, 4) is 5.75 Å². The first-order valence-corrected chi connectivity index (χ1v) is 19.2. The number of allylic oxidation sites excluding steroid dienone is 1. The molecule has 2 fully saturated rings. The third-order valence-electron chi connectivity index (χ3n) is 10.8. The van der Waals surface area contributed by atoms with Crippen LogP contribution in [0, 0.1) is 23.7 Å². The van der Waals surface area contributed by atoms with E-state index in [1.54, 1.807) is 32.2 Å². The summed E-state index contributed by atoms with van der Waals surface area (Å²) in [6.45, 7) is 7.67. The van der Waals surface area contributed by atoms with Crippen LogP contribution in [0.2, 0.25) is 5.02 Å². The molecule has 0 spiro atoms. The van der Waals surface area contributed by atoms with Crippen molar-refractivity contribution in [2.75, 3.05) is 30.9 Å². The van der Waals surface area contributed by atoms with Crippen LogP contribution < -0.4 is 14.4 Å². The summed E-state index contributed by atoms with van der Waals surface area (Å²) >= 11 is 6.44. The minimum Gasteiger partial charge on any atom is -0.491 e. The van der Waals surface area contributed by atoms with Gasteiger partial charge in [0.25, 0.3) is 5.91 Å². The molecule has 2 aromatic carbocycles. The van der Waals surface area contributed by atoms with Gasteiger partial charge < -0.3 is 19.5 Å². The summed E-state index contributed by atoms with van der Waals surface area (Å²) in [4.78, 5) is 29.3. The van der Waals surface area contributed by atoms with Crippen molar-refractivity contribution in [1.29, 1.82) is 0 Å². The van der Waals surface area contributed by atoms with Gasteiger partial charge in [0.15, 0.2) is 0 Å². The number of rotatable bonds is 3. The van der Waals surface area contributed by atoms with Gasteiger partial charge in [0.1, 0.15) is 15.7 Å². The Bertz CT molecular complexity index is 1710. The molecule has 5 aliphatic rings. The lowest BCUT2D eigenvalue weighted by molar-refractivity contribution is -0.137. The number of fused-ring (bicyclic) bond motifs is 6. The molecule has 2 amide bonds. The Balaban J connectivity index is 1.43. The first-order chi connectivity index (χ1) is 22.8. The number of aliphatic hydroxyl groups is 1. The molecule has 2 N–H and O–H groups in total. The summed E-state index contributed by atoms with van der Waals surface area (Å²) in [7, 11) is -1.74. The van der Waals surface area contributed by atoms with Gasteiger partial charge in [-0.15, -0.1) is 4.36 Å². The van der Waals surface area contributed by atoms with Crippen LogP contribution in [-0.4, -0.2) is 58.3 Å². The predicted octanol–water partition coefficient (Wildman–Crippen LogP) is 6.50. The number of carbonyl (C=O) groups is 2. The second kappa shape index (κ2) is 13.8. The first kappa shape index (κ1) is 34.9. The summed E-state index contributed by atoms with van der Waals surface area (Å²) in [6.07, 6.45) is 8.87. The zero-order chi connectivity index (χ0) is 34.3. The van der Waals surface area contributed by atoms with Crippen LogP contribution in [-0.2, 0) is 32.4 Å². The fraction of sp³-hybridized carbons (Fsp3) is 0.568. The van der Waals surface area contributed by atoms with Gasteiger partial charge in [-0.25, -0.2) is 4.21 Å². The van der Waals surface area contributed by atoms with Gasteiger partial charge in [-0.2, -0.15) is 0 Å². The van der Waals surface area contributed by atoms with E-state index in [0.717, 1.165) is 31.4 Å². The standard InChI is InChI=1S/C37H48ClN3O6S/c1-24-8-7-14-37(46-4)20-30(25(37)2)22-41-21-28-10-12-31(38)16-26(28)9-5-6-15-47-33-13-11-27(17-32(33)41)34(42)39-48(45,23-24)40-35(43)29-18-36(3,44)19-29/h7,10-14,16-17,24-25,29-30,44H,5-6,8-9,15,18-23H2,1-4H3,(H,39,40,42,43,45)/b14-7+/t24-,25+,29?,30-,36?,37-,48?/m0/s1. The van der Waals surface area contributed by atoms with Crippen LogP contribution in [0.3, 0.4) is 0 Å². The van der Waals surface area contributed by atoms with Crippen LogP contribution in [0.15, 0.2) is 52.9 Å². The number of ether oxygens (including phenoxy) is 2. The van der Waals surface area contributed by atoms with Crippen molar-refractivity contribution >= 4 is 39.0 Å². The molecule has 48 heavy (non-hydrogen) atoms. The van der Waals surface area contributed by atoms with E-state index in [0.29, 0.717) is 42.8 Å². The number of methoxy groups -OCH3 is 1. The van der Waals surface area contributed by atoms with E-state index in [2.05, 4.69) is 45.2 Å². The number of anilines is 1. The van der Waals surface area contributed by atoms with Crippen LogP contribution in [0.5, 0.6) is 5.75 Å². The zero-order valence-electron chi connectivity index (χ0n) is 28.4. The third kappa shape index (κ3) is 7.47. The van der Waals surface area contributed by atoms with E-state index in [9.17, 15) is 18.9 Å². The number of halogens is 1. The highest BCUT2D eigenvalue weighted by molar-refractivity contribution is 7.92. The lowest BCUT2D eigenvalue weighted by Gasteiger charge is -2.53. The van der Waals surface area contributed by atoms with E-state index in [4.69, 9.17) is 21.1 Å². The van der Waals surface area contributed by atoms with E-state index < -0.39 is 38.8 Å². The largest absolute Gasteiger partial charge is 0.491 e. The Kier molecular flexibility index (Phi) is 10.0. The molecule has 0 radical (unpaired) electrons. The van der Waals surface area contributed by atoms with E-state index in [1.807, 2.05) is 13.0 Å². The maximum atomic E-state index is 14.4. The van der Waals surface area contributed by atoms with Crippen molar-refractivity contribution in [2.45, 2.75) is 83.5 Å². The van der Waals surface area contributed by atoms with Crippen LogP contribution in [0.1, 0.15) is 80.8 Å². The fourth-order valence-electron chi connectivity index (χ4n) is 7.80. The summed E-state index contributed by atoms with van der Waals surface area (Å²) in [5, 5.41) is 10.9. The Hall–Kier alpha value is -2.92. The van der Waals surface area contributed by atoms with E-state index in [1.165, 1.54) is 11.1 Å². The molecule has 260 valence electrons. The molecule has 2 aliphatic carbocycles. The monoisotopic (exact) mass is 697 g/mol. The summed E-state index contributed by atoms with van der Waals surface area (Å²) < 4.78 is 33.8. The van der Waals surface area contributed by atoms with E-state index in [-0.39, 0.29) is 36.0 Å². The average molecular weight is 698 g/mol. The lowest BCUT2D eigenvalue weighted by Crippen LogP contribution is -2.56. The van der Waals surface area contributed by atoms with Gasteiger partial charge >= 0.3 is 0 Å². The summed E-state index contributed by atoms with van der Waals surface area (Å²) in [5.41, 5.74) is 2.07. The van der Waals surface area contributed by atoms with Crippen molar-refractivity contribution in [1.82, 2.24) is 4.72 Å². The Morgan fingerprint density at radius 1 is 1.15 bits per heavy atom. The Labute approximate surface area is 289 Å². The number of amides is 2. The maximum absolute atomic E-state index is 14.4. The van der Waals surface area contributed by atoms with Crippen molar-refractivity contribution in [3.63, 3.8) is 0 Å². The highest BCUT2D eigenvalue weighted by Gasteiger charge is 2.50. The second-order valence-electron chi connectivity index (χ2n) is 14.7. The molecule has 7 rings (SSSR count). The van der Waals surface area contributed by atoms with Crippen molar-refractivity contribution < 1.29 is 28.4 Å². The minimum atomic E-state index is -3.49. The first-order valence-electron chi connectivity index (χ1n) is 17.1. The summed E-state index contributed by atoms with van der Waals surface area (Å²) in [5.74, 6) is -0.511. The van der Waals surface area contributed by atoms with Crippen LogP contribution in [0.25, 0.3) is 0 Å². The smallest absolute Gasteiger partial charge is 0.286 e. The molecule has 4 bridgehead atoms. The number of aryl methyl sites for hydroxylation is 1. The number of carbonyl (C=O) groups excluding carboxylic acids is 2. The Morgan fingerprint density at radius 2 is 1.94 bits per heavy atom. The molecule has 0 saturated heterocycles. The number of nitrogens with zero attached hydrogens (tertiary/aromatic N) is 2. The zero-order valence-corrected chi connectivity index (χ0v) is 29.9. The molecule has 5 atom stereocenters. The topological polar surface area (TPSA) is 118 Å². The lowest BCUT2D eigenvalue weighted by atomic mass is 9.61. The van der Waals surface area contributed by atoms with Crippen LogP contribution in [0.4, 0.5) is 5.69 Å². The molecule has 3 aliphatic heterocycles. The molecular formula is C37H48ClN3O6S. The van der Waals surface area contributed by atoms with E-state index >= 15 is 0 Å². The molecule has 1 unspecified atom stereocenters. The van der Waals surface area contributed by atoms with Gasteiger partial charge in [0, 0.05) is 36.7 Å². The number of benzene rings is 2. The predicted molar refractivity (Wildman–Crippen MR) is 189 cm³/mol. The Morgan fingerprint density at radius 3 is 2.67 bits per heavy atom. The fourth-order valence-corrected chi connectivity index (χ4v) is 9.96. The highest BCUT2D eigenvalue weighted by atomic mass is 35.5. The normalized spacial score (nSPS) is 34.5. The number of hydrogen-bond donors (Lipinski definition) is 2. The summed E-state index contributed by atoms with van der Waals surface area (Å²) in [6, 6.07) is 11.3. The number of nitrogens with one attached hydrogen (secondary N) is 1. The third-order valence-corrected chi connectivity index (χ3v) is 13.0. The van der Waals surface area contributed by atoms with Gasteiger partial charge in [-0.05, 0) is 111 Å². The quantitative estimate of drug-likeness (QED) is 0.352.